The molecular weight excluding hydrogens is 302 g/mol. The monoisotopic (exact) mass is 327 g/mol. The molecule has 0 atom stereocenters. The molecule has 6 heteroatoms. The van der Waals surface area contributed by atoms with Gasteiger partial charge in [0.05, 0.1) is 7.11 Å². The van der Waals surface area contributed by atoms with E-state index in [9.17, 15) is 0 Å². The van der Waals surface area contributed by atoms with Crippen molar-refractivity contribution in [3.05, 3.63) is 42.2 Å². The number of hydrogen-bond donors (Lipinski definition) is 1. The Hall–Kier alpha value is -2.34. The molecule has 0 bridgehead atoms. The van der Waals surface area contributed by atoms with Crippen LogP contribution in [0.15, 0.2) is 36.7 Å². The maximum Gasteiger partial charge on any atom is 0.134 e. The second-order valence-electron chi connectivity index (χ2n) is 5.88. The number of anilines is 2. The molecule has 3 rings (SSSR count). The second kappa shape index (κ2) is 7.97. The van der Waals surface area contributed by atoms with E-state index in [1.54, 1.807) is 13.4 Å². The van der Waals surface area contributed by atoms with E-state index in [1.165, 1.54) is 5.56 Å². The lowest BCUT2D eigenvalue weighted by Crippen LogP contribution is -2.46. The Morgan fingerprint density at radius 3 is 2.50 bits per heavy atom. The van der Waals surface area contributed by atoms with Crippen LogP contribution in [0.25, 0.3) is 0 Å². The lowest BCUT2D eigenvalue weighted by Gasteiger charge is -2.34. The van der Waals surface area contributed by atoms with Crippen molar-refractivity contribution in [3.63, 3.8) is 0 Å². The third kappa shape index (κ3) is 4.14. The summed E-state index contributed by atoms with van der Waals surface area (Å²) in [5, 5.41) is 3.37. The molecule has 0 spiro atoms. The Labute approximate surface area is 143 Å². The third-order valence-electron chi connectivity index (χ3n) is 4.43. The second-order valence-corrected chi connectivity index (χ2v) is 5.88. The Kier molecular flexibility index (Phi) is 5.48. The number of aromatic nitrogens is 2. The molecule has 1 N–H and O–H groups in total. The van der Waals surface area contributed by atoms with Gasteiger partial charge in [-0.3, -0.25) is 0 Å². The molecule has 1 saturated heterocycles. The van der Waals surface area contributed by atoms with E-state index in [1.807, 2.05) is 18.2 Å². The molecule has 1 fully saturated rings. The summed E-state index contributed by atoms with van der Waals surface area (Å²) < 4.78 is 5.18. The Balaban J connectivity index is 1.58. The largest absolute Gasteiger partial charge is 0.497 e. The fraction of sp³-hybridized carbons (Fsp3) is 0.444. The molecule has 0 unspecified atom stereocenters. The quantitative estimate of drug-likeness (QED) is 0.878. The van der Waals surface area contributed by atoms with Crippen LogP contribution in [0, 0.1) is 0 Å². The molecule has 1 aliphatic rings. The number of rotatable bonds is 6. The van der Waals surface area contributed by atoms with E-state index < -0.39 is 0 Å². The minimum Gasteiger partial charge on any atom is -0.497 e. The smallest absolute Gasteiger partial charge is 0.134 e. The number of likely N-dealkylation sites (N-methyl/N-ethyl adjacent to an activating group) is 1. The van der Waals surface area contributed by atoms with Gasteiger partial charge >= 0.3 is 0 Å². The van der Waals surface area contributed by atoms with Gasteiger partial charge in [0.15, 0.2) is 0 Å². The zero-order valence-corrected chi connectivity index (χ0v) is 14.4. The van der Waals surface area contributed by atoms with Crippen molar-refractivity contribution in [1.29, 1.82) is 0 Å². The van der Waals surface area contributed by atoms with Crippen LogP contribution in [-0.4, -0.2) is 54.7 Å². The first-order valence-corrected chi connectivity index (χ1v) is 8.44. The summed E-state index contributed by atoms with van der Waals surface area (Å²) in [6.45, 7) is 8.27. The van der Waals surface area contributed by atoms with Gasteiger partial charge < -0.3 is 19.9 Å². The van der Waals surface area contributed by atoms with Crippen molar-refractivity contribution in [3.8, 4) is 5.75 Å². The van der Waals surface area contributed by atoms with Gasteiger partial charge in [0.2, 0.25) is 0 Å². The topological polar surface area (TPSA) is 53.5 Å². The highest BCUT2D eigenvalue weighted by Gasteiger charge is 2.17. The summed E-state index contributed by atoms with van der Waals surface area (Å²) in [4.78, 5) is 13.5. The molecule has 1 aromatic heterocycles. The molecule has 6 nitrogen and oxygen atoms in total. The SMILES string of the molecule is CCN1CCN(c2cc(NCc3ccc(OC)cc3)ncn2)CC1. The first kappa shape index (κ1) is 16.5. The summed E-state index contributed by atoms with van der Waals surface area (Å²) in [7, 11) is 1.68. The van der Waals surface area contributed by atoms with E-state index in [2.05, 4.69) is 44.1 Å². The molecule has 1 aliphatic heterocycles. The average Bonchev–Trinajstić information content (AvgIpc) is 2.67. The number of benzene rings is 1. The van der Waals surface area contributed by atoms with E-state index in [0.29, 0.717) is 0 Å². The van der Waals surface area contributed by atoms with Crippen LogP contribution >= 0.6 is 0 Å². The van der Waals surface area contributed by atoms with E-state index in [0.717, 1.165) is 56.7 Å². The van der Waals surface area contributed by atoms with E-state index >= 15 is 0 Å². The fourth-order valence-corrected chi connectivity index (χ4v) is 2.85. The van der Waals surface area contributed by atoms with Gasteiger partial charge in [0.25, 0.3) is 0 Å². The molecular formula is C18H25N5O. The maximum atomic E-state index is 5.18. The number of nitrogens with zero attached hydrogens (tertiary/aromatic N) is 4. The maximum absolute atomic E-state index is 5.18. The van der Waals surface area contributed by atoms with Gasteiger partial charge in [-0.05, 0) is 24.2 Å². The molecule has 1 aromatic carbocycles. The van der Waals surface area contributed by atoms with Crippen molar-refractivity contribution < 1.29 is 4.74 Å². The highest BCUT2D eigenvalue weighted by Crippen LogP contribution is 2.17. The van der Waals surface area contributed by atoms with Crippen LogP contribution in [0.3, 0.4) is 0 Å². The molecule has 0 saturated carbocycles. The Bertz CT molecular complexity index is 638. The van der Waals surface area contributed by atoms with Crippen molar-refractivity contribution in [1.82, 2.24) is 14.9 Å². The van der Waals surface area contributed by atoms with E-state index in [4.69, 9.17) is 4.74 Å². The minimum absolute atomic E-state index is 0.726. The van der Waals surface area contributed by atoms with Gasteiger partial charge in [-0.1, -0.05) is 19.1 Å². The number of piperazine rings is 1. The van der Waals surface area contributed by atoms with Crippen LogP contribution in [0.1, 0.15) is 12.5 Å². The summed E-state index contributed by atoms with van der Waals surface area (Å²) in [5.41, 5.74) is 1.19. The van der Waals surface area contributed by atoms with Crippen molar-refractivity contribution >= 4 is 11.6 Å². The third-order valence-corrected chi connectivity index (χ3v) is 4.43. The van der Waals surface area contributed by atoms with Crippen LogP contribution in [0.4, 0.5) is 11.6 Å². The summed E-state index contributed by atoms with van der Waals surface area (Å²) >= 11 is 0. The molecule has 24 heavy (non-hydrogen) atoms. The van der Waals surface area contributed by atoms with Crippen LogP contribution in [0.2, 0.25) is 0 Å². The number of ether oxygens (including phenoxy) is 1. The van der Waals surface area contributed by atoms with Gasteiger partial charge in [-0.2, -0.15) is 0 Å². The van der Waals surface area contributed by atoms with Gasteiger partial charge in [0.1, 0.15) is 23.7 Å². The highest BCUT2D eigenvalue weighted by molar-refractivity contribution is 5.49. The van der Waals surface area contributed by atoms with Crippen LogP contribution in [0.5, 0.6) is 5.75 Å². The number of methoxy groups -OCH3 is 1. The lowest BCUT2D eigenvalue weighted by atomic mass is 10.2. The first-order valence-electron chi connectivity index (χ1n) is 8.44. The molecule has 128 valence electrons. The van der Waals surface area contributed by atoms with Crippen molar-refractivity contribution in [2.24, 2.45) is 0 Å². The van der Waals surface area contributed by atoms with Gasteiger partial charge in [-0.15, -0.1) is 0 Å². The Morgan fingerprint density at radius 1 is 1.08 bits per heavy atom. The number of hydrogen-bond acceptors (Lipinski definition) is 6. The predicted octanol–water partition coefficient (Wildman–Crippen LogP) is 2.24. The molecule has 0 radical (unpaired) electrons. The summed E-state index contributed by atoms with van der Waals surface area (Å²) in [6, 6.07) is 10.1. The van der Waals surface area contributed by atoms with E-state index in [-0.39, 0.29) is 0 Å². The van der Waals surface area contributed by atoms with Crippen molar-refractivity contribution in [2.45, 2.75) is 13.5 Å². The van der Waals surface area contributed by atoms with Gasteiger partial charge in [-0.25, -0.2) is 9.97 Å². The standard InChI is InChI=1S/C18H25N5O/c1-3-22-8-10-23(11-9-22)18-12-17(20-14-21-18)19-13-15-4-6-16(24-2)7-5-15/h4-7,12,14H,3,8-11,13H2,1-2H3,(H,19,20,21). The average molecular weight is 327 g/mol. The molecule has 0 amide bonds. The zero-order chi connectivity index (χ0) is 16.8. The first-order chi connectivity index (χ1) is 11.8. The van der Waals surface area contributed by atoms with Crippen molar-refractivity contribution in [2.75, 3.05) is 50.1 Å². The highest BCUT2D eigenvalue weighted by atomic mass is 16.5. The predicted molar refractivity (Wildman–Crippen MR) is 96.7 cm³/mol. The Morgan fingerprint density at radius 2 is 1.83 bits per heavy atom. The molecule has 2 heterocycles. The number of nitrogens with one attached hydrogen (secondary N) is 1. The summed E-state index contributed by atoms with van der Waals surface area (Å²) in [5.74, 6) is 2.72. The van der Waals surface area contributed by atoms with Crippen LogP contribution in [-0.2, 0) is 6.54 Å². The molecule has 0 aliphatic carbocycles. The molecule has 2 aromatic rings. The summed E-state index contributed by atoms with van der Waals surface area (Å²) in [6.07, 6.45) is 1.64. The minimum atomic E-state index is 0.726. The lowest BCUT2D eigenvalue weighted by molar-refractivity contribution is 0.270. The van der Waals surface area contributed by atoms with Gasteiger partial charge in [0, 0.05) is 38.8 Å². The van der Waals surface area contributed by atoms with Crippen LogP contribution < -0.4 is 15.0 Å². The fourth-order valence-electron chi connectivity index (χ4n) is 2.85. The normalized spacial score (nSPS) is 15.3. The zero-order valence-electron chi connectivity index (χ0n) is 14.4.